The van der Waals surface area contributed by atoms with Gasteiger partial charge in [0.15, 0.2) is 0 Å². The van der Waals surface area contributed by atoms with E-state index in [2.05, 4.69) is 10.3 Å². The Morgan fingerprint density at radius 3 is 2.77 bits per heavy atom. The number of hydrogen-bond acceptors (Lipinski definition) is 2. The van der Waals surface area contributed by atoms with Crippen molar-refractivity contribution < 1.29 is 9.18 Å². The Bertz CT molecular complexity index is 812. The van der Waals surface area contributed by atoms with Crippen LogP contribution in [0.15, 0.2) is 60.8 Å². The number of pyridine rings is 1. The number of aromatic nitrogens is 1. The van der Waals surface area contributed by atoms with Crippen molar-refractivity contribution in [2.45, 2.75) is 12.8 Å². The predicted molar refractivity (Wildman–Crippen MR) is 85.1 cm³/mol. The summed E-state index contributed by atoms with van der Waals surface area (Å²) in [6, 6.07) is 15.8. The lowest BCUT2D eigenvalue weighted by Gasteiger charge is -2.08. The maximum atomic E-state index is 13.5. The van der Waals surface area contributed by atoms with Gasteiger partial charge in [0.1, 0.15) is 5.82 Å². The van der Waals surface area contributed by atoms with E-state index in [0.717, 1.165) is 16.6 Å². The molecule has 0 saturated carbocycles. The van der Waals surface area contributed by atoms with Crippen LogP contribution in [-0.2, 0) is 11.2 Å². The van der Waals surface area contributed by atoms with Gasteiger partial charge in [-0.3, -0.25) is 9.78 Å². The Hall–Kier alpha value is -2.75. The molecule has 3 nitrogen and oxygen atoms in total. The van der Waals surface area contributed by atoms with Crippen LogP contribution >= 0.6 is 0 Å². The molecule has 3 aromatic rings. The number of nitrogens with zero attached hydrogens (tertiary/aromatic N) is 1. The summed E-state index contributed by atoms with van der Waals surface area (Å²) in [5.41, 5.74) is 2.11. The first kappa shape index (κ1) is 14.2. The Morgan fingerprint density at radius 2 is 1.91 bits per heavy atom. The number of fused-ring (bicyclic) bond motifs is 1. The minimum Gasteiger partial charge on any atom is -0.325 e. The quantitative estimate of drug-likeness (QED) is 0.791. The number of hydrogen-bond donors (Lipinski definition) is 1. The van der Waals surface area contributed by atoms with E-state index in [-0.39, 0.29) is 18.1 Å². The summed E-state index contributed by atoms with van der Waals surface area (Å²) in [5.74, 6) is -0.413. The summed E-state index contributed by atoms with van der Waals surface area (Å²) in [5, 5.41) is 3.77. The van der Waals surface area contributed by atoms with Gasteiger partial charge in [0.25, 0.3) is 0 Å². The van der Waals surface area contributed by atoms with Crippen molar-refractivity contribution in [2.24, 2.45) is 0 Å². The predicted octanol–water partition coefficient (Wildman–Crippen LogP) is 3.95. The molecule has 0 atom stereocenters. The Balaban J connectivity index is 1.70. The number of anilines is 1. The monoisotopic (exact) mass is 294 g/mol. The number of halogens is 1. The van der Waals surface area contributed by atoms with Gasteiger partial charge in [-0.15, -0.1) is 0 Å². The lowest BCUT2D eigenvalue weighted by Crippen LogP contribution is -2.13. The highest BCUT2D eigenvalue weighted by Crippen LogP contribution is 2.21. The van der Waals surface area contributed by atoms with E-state index in [9.17, 15) is 9.18 Å². The topological polar surface area (TPSA) is 42.0 Å². The normalized spacial score (nSPS) is 10.6. The fraction of sp³-hybridized carbons (Fsp3) is 0.111. The molecule has 1 heterocycles. The van der Waals surface area contributed by atoms with E-state index < -0.39 is 0 Å². The van der Waals surface area contributed by atoms with Gasteiger partial charge < -0.3 is 5.32 Å². The molecule has 0 bridgehead atoms. The average Bonchev–Trinajstić information content (AvgIpc) is 2.54. The summed E-state index contributed by atoms with van der Waals surface area (Å²) in [6.45, 7) is 0. The molecule has 0 unspecified atom stereocenters. The van der Waals surface area contributed by atoms with Crippen molar-refractivity contribution in [1.29, 1.82) is 0 Å². The number of rotatable bonds is 4. The van der Waals surface area contributed by atoms with Crippen molar-refractivity contribution in [3.05, 3.63) is 72.2 Å². The van der Waals surface area contributed by atoms with Crippen LogP contribution in [0.1, 0.15) is 12.0 Å². The third-order valence-electron chi connectivity index (χ3n) is 3.50. The molecule has 3 rings (SSSR count). The SMILES string of the molecule is O=C(CCc1ccccc1F)Nc1cccc2ncccc12. The third kappa shape index (κ3) is 3.11. The maximum absolute atomic E-state index is 13.5. The van der Waals surface area contributed by atoms with Gasteiger partial charge in [-0.1, -0.05) is 24.3 Å². The summed E-state index contributed by atoms with van der Waals surface area (Å²) in [6.07, 6.45) is 2.32. The molecule has 1 aromatic heterocycles. The Labute approximate surface area is 127 Å². The molecule has 22 heavy (non-hydrogen) atoms. The van der Waals surface area contributed by atoms with Crippen molar-refractivity contribution in [3.8, 4) is 0 Å². The van der Waals surface area contributed by atoms with Crippen LogP contribution in [0.3, 0.4) is 0 Å². The highest BCUT2D eigenvalue weighted by atomic mass is 19.1. The highest BCUT2D eigenvalue weighted by Gasteiger charge is 2.08. The lowest BCUT2D eigenvalue weighted by atomic mass is 10.1. The van der Waals surface area contributed by atoms with Crippen LogP contribution in [0.5, 0.6) is 0 Å². The summed E-state index contributed by atoms with van der Waals surface area (Å²) < 4.78 is 13.5. The van der Waals surface area contributed by atoms with Crippen LogP contribution in [-0.4, -0.2) is 10.9 Å². The summed E-state index contributed by atoms with van der Waals surface area (Å²) in [7, 11) is 0. The highest BCUT2D eigenvalue weighted by molar-refractivity contribution is 6.00. The molecule has 0 radical (unpaired) electrons. The number of carbonyl (C=O) groups is 1. The van der Waals surface area contributed by atoms with Crippen LogP contribution in [0.2, 0.25) is 0 Å². The molecule has 110 valence electrons. The number of carbonyl (C=O) groups excluding carboxylic acids is 1. The van der Waals surface area contributed by atoms with Crippen LogP contribution in [0, 0.1) is 5.82 Å². The van der Waals surface area contributed by atoms with E-state index in [1.54, 1.807) is 24.4 Å². The van der Waals surface area contributed by atoms with Crippen LogP contribution in [0.25, 0.3) is 10.9 Å². The van der Waals surface area contributed by atoms with Gasteiger partial charge in [0.2, 0.25) is 5.91 Å². The lowest BCUT2D eigenvalue weighted by molar-refractivity contribution is -0.116. The van der Waals surface area contributed by atoms with Gasteiger partial charge in [-0.2, -0.15) is 0 Å². The molecule has 0 aliphatic rings. The van der Waals surface area contributed by atoms with Crippen LogP contribution in [0.4, 0.5) is 10.1 Å². The zero-order valence-electron chi connectivity index (χ0n) is 11.9. The Morgan fingerprint density at radius 1 is 1.05 bits per heavy atom. The number of aryl methyl sites for hydroxylation is 1. The van der Waals surface area contributed by atoms with Gasteiger partial charge in [0.05, 0.1) is 11.2 Å². The first-order chi connectivity index (χ1) is 10.7. The van der Waals surface area contributed by atoms with Crippen molar-refractivity contribution in [1.82, 2.24) is 4.98 Å². The number of nitrogens with one attached hydrogen (secondary N) is 1. The Kier molecular flexibility index (Phi) is 4.10. The van der Waals surface area contributed by atoms with Crippen molar-refractivity contribution in [2.75, 3.05) is 5.32 Å². The van der Waals surface area contributed by atoms with E-state index in [1.165, 1.54) is 6.07 Å². The second kappa shape index (κ2) is 6.35. The van der Waals surface area contributed by atoms with Gasteiger partial charge in [-0.25, -0.2) is 4.39 Å². The molecule has 1 amide bonds. The molecular formula is C18H15FN2O. The standard InChI is InChI=1S/C18H15FN2O/c19-15-7-2-1-5-13(15)10-11-18(22)21-17-9-3-8-16-14(17)6-4-12-20-16/h1-9,12H,10-11H2,(H,21,22). The zero-order valence-corrected chi connectivity index (χ0v) is 11.9. The molecule has 2 aromatic carbocycles. The first-order valence-corrected chi connectivity index (χ1v) is 7.11. The molecule has 0 saturated heterocycles. The molecule has 1 N–H and O–H groups in total. The number of benzene rings is 2. The van der Waals surface area contributed by atoms with E-state index in [1.807, 2.05) is 30.3 Å². The molecule has 4 heteroatoms. The van der Waals surface area contributed by atoms with Gasteiger partial charge in [-0.05, 0) is 42.3 Å². The smallest absolute Gasteiger partial charge is 0.224 e. The fourth-order valence-corrected chi connectivity index (χ4v) is 2.37. The second-order valence-electron chi connectivity index (χ2n) is 5.02. The molecular weight excluding hydrogens is 279 g/mol. The van der Waals surface area contributed by atoms with E-state index >= 15 is 0 Å². The van der Waals surface area contributed by atoms with E-state index in [0.29, 0.717) is 12.0 Å². The second-order valence-corrected chi connectivity index (χ2v) is 5.02. The average molecular weight is 294 g/mol. The summed E-state index contributed by atoms with van der Waals surface area (Å²) in [4.78, 5) is 16.3. The van der Waals surface area contributed by atoms with Crippen molar-refractivity contribution >= 4 is 22.5 Å². The minimum absolute atomic E-state index is 0.139. The largest absolute Gasteiger partial charge is 0.325 e. The molecule has 0 aliphatic heterocycles. The number of amides is 1. The van der Waals surface area contributed by atoms with Crippen molar-refractivity contribution in [3.63, 3.8) is 0 Å². The van der Waals surface area contributed by atoms with E-state index in [4.69, 9.17) is 0 Å². The zero-order chi connectivity index (χ0) is 15.4. The summed E-state index contributed by atoms with van der Waals surface area (Å²) >= 11 is 0. The minimum atomic E-state index is -0.273. The van der Waals surface area contributed by atoms with Gasteiger partial charge >= 0.3 is 0 Å². The molecule has 0 spiro atoms. The maximum Gasteiger partial charge on any atom is 0.224 e. The molecule has 0 fully saturated rings. The fourth-order valence-electron chi connectivity index (χ4n) is 2.37. The van der Waals surface area contributed by atoms with Crippen LogP contribution < -0.4 is 5.32 Å². The third-order valence-corrected chi connectivity index (χ3v) is 3.50. The molecule has 0 aliphatic carbocycles. The van der Waals surface area contributed by atoms with Gasteiger partial charge in [0, 0.05) is 18.0 Å². The first-order valence-electron chi connectivity index (χ1n) is 7.11.